The van der Waals surface area contributed by atoms with E-state index in [0.29, 0.717) is 54.4 Å². The largest absolute Gasteiger partial charge is 0.492 e. The average Bonchev–Trinajstić information content (AvgIpc) is 3.36. The van der Waals surface area contributed by atoms with E-state index in [1.807, 2.05) is 0 Å². The van der Waals surface area contributed by atoms with Gasteiger partial charge in [0, 0.05) is 19.8 Å². The topological polar surface area (TPSA) is 152 Å². The van der Waals surface area contributed by atoms with Crippen molar-refractivity contribution in [1.29, 1.82) is 0 Å². The van der Waals surface area contributed by atoms with Crippen LogP contribution in [0.15, 0.2) is 36.5 Å². The molecule has 0 spiro atoms. The Morgan fingerprint density at radius 3 is 2.32 bits per heavy atom. The summed E-state index contributed by atoms with van der Waals surface area (Å²) in [5.41, 5.74) is 1.86. The monoisotopic (exact) mass is 719 g/mol. The number of anilines is 4. The Kier molecular flexibility index (Phi) is 11.4. The third-order valence-corrected chi connectivity index (χ3v) is 10.8. The van der Waals surface area contributed by atoms with Crippen molar-refractivity contribution in [3.05, 3.63) is 64.3 Å². The minimum Gasteiger partial charge on any atom is -0.492 e. The lowest BCUT2D eigenvalue weighted by atomic mass is 9.77. The molecule has 1 aliphatic heterocycles. The van der Waals surface area contributed by atoms with Crippen LogP contribution in [0.2, 0.25) is 0 Å². The lowest BCUT2D eigenvalue weighted by Crippen LogP contribution is -2.21. The lowest BCUT2D eigenvalue weighted by Gasteiger charge is -2.28. The molecule has 1 aliphatic carbocycles. The van der Waals surface area contributed by atoms with Crippen LogP contribution >= 0.6 is 7.60 Å². The Hall–Kier alpha value is -4.20. The van der Waals surface area contributed by atoms with E-state index >= 15 is 0 Å². The highest BCUT2D eigenvalue weighted by atomic mass is 31.2. The number of carbonyl (C=O) groups is 2. The zero-order valence-electron chi connectivity index (χ0n) is 28.3. The number of aromatic nitrogens is 2. The summed E-state index contributed by atoms with van der Waals surface area (Å²) in [6.07, 6.45) is -1.87. The van der Waals surface area contributed by atoms with Crippen molar-refractivity contribution >= 4 is 42.6 Å². The van der Waals surface area contributed by atoms with E-state index in [0.717, 1.165) is 5.56 Å². The number of benzene rings is 2. The molecule has 50 heavy (non-hydrogen) atoms. The van der Waals surface area contributed by atoms with Gasteiger partial charge in [0.15, 0.2) is 0 Å². The number of hydrogen-bond donors (Lipinski definition) is 3. The molecule has 12 nitrogen and oxygen atoms in total. The highest BCUT2D eigenvalue weighted by molar-refractivity contribution is 7.53. The van der Waals surface area contributed by atoms with Gasteiger partial charge in [-0.3, -0.25) is 14.2 Å². The summed E-state index contributed by atoms with van der Waals surface area (Å²) >= 11 is 0. The number of rotatable bonds is 14. The number of carboxylic acid groups (broad SMARTS) is 1. The van der Waals surface area contributed by atoms with Crippen LogP contribution < -0.4 is 15.4 Å². The number of nitrogens with zero attached hydrogens (tertiary/aromatic N) is 3. The highest BCUT2D eigenvalue weighted by Gasteiger charge is 2.38. The second kappa shape index (κ2) is 15.4. The number of alkyl halides is 3. The Morgan fingerprint density at radius 1 is 1.02 bits per heavy atom. The van der Waals surface area contributed by atoms with Gasteiger partial charge in [-0.25, -0.2) is 4.98 Å². The van der Waals surface area contributed by atoms with Crippen LogP contribution in [-0.4, -0.2) is 58.7 Å². The molecule has 3 aromatic rings. The van der Waals surface area contributed by atoms with Crippen molar-refractivity contribution in [2.75, 3.05) is 37.5 Å². The summed E-state index contributed by atoms with van der Waals surface area (Å²) in [7, 11) is -1.80. The molecule has 2 aliphatic rings. The minimum absolute atomic E-state index is 0.0134. The van der Waals surface area contributed by atoms with Gasteiger partial charge in [-0.1, -0.05) is 12.1 Å². The molecule has 0 unspecified atom stereocenters. The van der Waals surface area contributed by atoms with E-state index in [9.17, 15) is 32.4 Å². The molecule has 1 fully saturated rings. The predicted molar refractivity (Wildman–Crippen MR) is 180 cm³/mol. The molecule has 3 N–H and O–H groups in total. The maximum atomic E-state index is 14.3. The molecule has 0 saturated heterocycles. The fraction of sp³-hybridized carbons (Fsp3) is 0.471. The second-order valence-corrected chi connectivity index (χ2v) is 14.2. The third-order valence-electron chi connectivity index (χ3n) is 8.79. The molecular formula is C34H41F3N5O7P. The highest BCUT2D eigenvalue weighted by Crippen LogP contribution is 2.52. The summed E-state index contributed by atoms with van der Waals surface area (Å²) in [5, 5.41) is 15.1. The fourth-order valence-electron chi connectivity index (χ4n) is 6.50. The first kappa shape index (κ1) is 37.1. The molecule has 2 heterocycles. The number of halogens is 3. The van der Waals surface area contributed by atoms with Crippen molar-refractivity contribution < 1.29 is 46.2 Å². The van der Waals surface area contributed by atoms with E-state index in [1.165, 1.54) is 4.90 Å². The first-order chi connectivity index (χ1) is 23.8. The van der Waals surface area contributed by atoms with Gasteiger partial charge in [-0.2, -0.15) is 18.2 Å². The van der Waals surface area contributed by atoms with Crippen LogP contribution in [0.3, 0.4) is 0 Å². The predicted octanol–water partition coefficient (Wildman–Crippen LogP) is 8.09. The first-order valence-electron chi connectivity index (χ1n) is 16.5. The second-order valence-electron chi connectivity index (χ2n) is 12.2. The van der Waals surface area contributed by atoms with Crippen molar-refractivity contribution in [2.45, 2.75) is 71.3 Å². The van der Waals surface area contributed by atoms with Gasteiger partial charge in [-0.15, -0.1) is 0 Å². The average molecular weight is 720 g/mol. The van der Waals surface area contributed by atoms with Crippen molar-refractivity contribution in [1.82, 2.24) is 14.9 Å². The molecule has 0 radical (unpaired) electrons. The minimum atomic E-state index is -4.82. The summed E-state index contributed by atoms with van der Waals surface area (Å²) < 4.78 is 72.5. The SMILES string of the molecule is CCOc1cc(CP(=O)(OCC)OCC)ccc1Nc1ncc(C(F)(F)F)c(Nc2ccc(C3CCC(C(=O)O)CC3)c3c2C(=O)N(C)C3)n1. The fourth-order valence-corrected chi connectivity index (χ4v) is 8.19. The first-order valence-corrected chi connectivity index (χ1v) is 18.3. The quantitative estimate of drug-likeness (QED) is 0.139. The third kappa shape index (κ3) is 8.22. The zero-order valence-corrected chi connectivity index (χ0v) is 29.2. The number of fused-ring (bicyclic) bond motifs is 1. The van der Waals surface area contributed by atoms with Crippen LogP contribution in [0, 0.1) is 5.92 Å². The van der Waals surface area contributed by atoms with Crippen LogP contribution in [0.5, 0.6) is 5.75 Å². The molecule has 5 rings (SSSR count). The van der Waals surface area contributed by atoms with E-state index in [4.69, 9.17) is 13.8 Å². The van der Waals surface area contributed by atoms with Crippen molar-refractivity contribution in [3.8, 4) is 5.75 Å². The molecule has 270 valence electrons. The molecule has 0 atom stereocenters. The lowest BCUT2D eigenvalue weighted by molar-refractivity contribution is -0.143. The summed E-state index contributed by atoms with van der Waals surface area (Å²) in [5.74, 6) is -1.95. The van der Waals surface area contributed by atoms with Crippen LogP contribution in [0.1, 0.15) is 85.0 Å². The van der Waals surface area contributed by atoms with Gasteiger partial charge < -0.3 is 34.4 Å². The maximum Gasteiger partial charge on any atom is 0.421 e. The van der Waals surface area contributed by atoms with Gasteiger partial charge in [0.25, 0.3) is 5.91 Å². The molecule has 1 amide bonds. The smallest absolute Gasteiger partial charge is 0.421 e. The Morgan fingerprint density at radius 2 is 1.70 bits per heavy atom. The van der Waals surface area contributed by atoms with E-state index in [-0.39, 0.29) is 61.6 Å². The summed E-state index contributed by atoms with van der Waals surface area (Å²) in [4.78, 5) is 34.5. The van der Waals surface area contributed by atoms with Crippen LogP contribution in [0.4, 0.5) is 36.3 Å². The molecular weight excluding hydrogens is 678 g/mol. The maximum absolute atomic E-state index is 14.3. The number of carboxylic acids is 1. The number of aliphatic carboxylic acids is 1. The molecule has 2 aromatic carbocycles. The van der Waals surface area contributed by atoms with Gasteiger partial charge in [0.05, 0.1) is 48.8 Å². The van der Waals surface area contributed by atoms with Crippen molar-refractivity contribution in [2.24, 2.45) is 5.92 Å². The van der Waals surface area contributed by atoms with E-state index < -0.39 is 37.0 Å². The Labute approximate surface area is 288 Å². The summed E-state index contributed by atoms with van der Waals surface area (Å²) in [6.45, 7) is 6.13. The standard InChI is InChI=1S/C34H41F3N5O7P/c1-5-47-28-16-20(19-50(46,48-6-2)49-7-3)8-14-26(28)40-33-38-17-25(34(35,36)37)30(41-33)39-27-15-13-23(24-18-42(4)31(43)29(24)27)21-9-11-22(12-10-21)32(44)45/h8,13-17,21-22H,5-7,9-12,18-19H2,1-4H3,(H,44,45)(H2,38,39,40,41). The summed E-state index contributed by atoms with van der Waals surface area (Å²) in [6, 6.07) is 8.30. The van der Waals surface area contributed by atoms with Crippen LogP contribution in [0.25, 0.3) is 0 Å². The van der Waals surface area contributed by atoms with Gasteiger partial charge in [0.2, 0.25) is 5.95 Å². The van der Waals surface area contributed by atoms with Crippen molar-refractivity contribution in [3.63, 3.8) is 0 Å². The Balaban J connectivity index is 1.46. The van der Waals surface area contributed by atoms with Crippen LogP contribution in [-0.2, 0) is 37.3 Å². The molecule has 0 bridgehead atoms. The van der Waals surface area contributed by atoms with E-state index in [2.05, 4.69) is 20.6 Å². The number of hydrogen-bond acceptors (Lipinski definition) is 10. The number of amides is 1. The molecule has 1 aromatic heterocycles. The zero-order chi connectivity index (χ0) is 36.2. The number of nitrogens with one attached hydrogen (secondary N) is 2. The van der Waals surface area contributed by atoms with Gasteiger partial charge in [0.1, 0.15) is 17.1 Å². The van der Waals surface area contributed by atoms with Gasteiger partial charge in [-0.05, 0) is 87.3 Å². The number of ether oxygens (including phenoxy) is 1. The Bertz CT molecular complexity index is 1770. The molecule has 1 saturated carbocycles. The molecule has 16 heteroatoms. The van der Waals surface area contributed by atoms with E-state index in [1.54, 1.807) is 58.2 Å². The number of carbonyl (C=O) groups excluding carboxylic acids is 1. The van der Waals surface area contributed by atoms with Gasteiger partial charge >= 0.3 is 19.7 Å². The normalized spacial score (nSPS) is 17.8.